The van der Waals surface area contributed by atoms with E-state index in [9.17, 15) is 9.59 Å². The first-order valence-electron chi connectivity index (χ1n) is 6.44. The zero-order chi connectivity index (χ0) is 15.6. The van der Waals surface area contributed by atoms with Gasteiger partial charge in [0, 0.05) is 11.8 Å². The molecular formula is C15H16ClN3O2. The molecule has 0 saturated carbocycles. The van der Waals surface area contributed by atoms with Gasteiger partial charge in [0.1, 0.15) is 10.8 Å². The van der Waals surface area contributed by atoms with Crippen molar-refractivity contribution in [2.24, 2.45) is 0 Å². The van der Waals surface area contributed by atoms with Crippen molar-refractivity contribution in [3.63, 3.8) is 0 Å². The van der Waals surface area contributed by atoms with Crippen molar-refractivity contribution < 1.29 is 4.79 Å². The molecule has 1 amide bonds. The van der Waals surface area contributed by atoms with Gasteiger partial charge in [0.05, 0.1) is 0 Å². The van der Waals surface area contributed by atoms with E-state index in [1.807, 2.05) is 24.3 Å². The third-order valence-electron chi connectivity index (χ3n) is 2.95. The average molecular weight is 306 g/mol. The summed E-state index contributed by atoms with van der Waals surface area (Å²) >= 11 is 5.69. The van der Waals surface area contributed by atoms with Gasteiger partial charge in [-0.15, -0.1) is 0 Å². The first-order valence-corrected chi connectivity index (χ1v) is 6.82. The van der Waals surface area contributed by atoms with Gasteiger partial charge in [0.25, 0.3) is 5.91 Å². The largest absolute Gasteiger partial charge is 0.346 e. The zero-order valence-electron chi connectivity index (χ0n) is 12.0. The number of nitrogens with one attached hydrogen (secondary N) is 2. The Morgan fingerprint density at radius 2 is 1.86 bits per heavy atom. The second-order valence-corrected chi connectivity index (χ2v) is 6.11. The van der Waals surface area contributed by atoms with Gasteiger partial charge >= 0.3 is 5.69 Å². The Morgan fingerprint density at radius 3 is 2.38 bits per heavy atom. The number of aromatic amines is 1. The Kier molecular flexibility index (Phi) is 4.14. The lowest BCUT2D eigenvalue weighted by Crippen LogP contribution is -2.20. The predicted octanol–water partition coefficient (Wildman–Crippen LogP) is 2.97. The van der Waals surface area contributed by atoms with E-state index in [0.717, 1.165) is 5.56 Å². The van der Waals surface area contributed by atoms with Crippen molar-refractivity contribution in [1.29, 1.82) is 0 Å². The van der Waals surface area contributed by atoms with Gasteiger partial charge in [-0.05, 0) is 23.1 Å². The Morgan fingerprint density at radius 1 is 1.24 bits per heavy atom. The maximum Gasteiger partial charge on any atom is 0.346 e. The molecule has 0 bridgehead atoms. The van der Waals surface area contributed by atoms with Crippen LogP contribution in [-0.2, 0) is 5.41 Å². The van der Waals surface area contributed by atoms with Crippen molar-refractivity contribution in [3.05, 3.63) is 57.2 Å². The minimum absolute atomic E-state index is 0.0244. The monoisotopic (exact) mass is 305 g/mol. The Hall–Kier alpha value is -2.14. The van der Waals surface area contributed by atoms with E-state index in [2.05, 4.69) is 36.1 Å². The molecular weight excluding hydrogens is 290 g/mol. The molecule has 1 aromatic carbocycles. The van der Waals surface area contributed by atoms with Crippen LogP contribution in [0, 0.1) is 0 Å². The predicted molar refractivity (Wildman–Crippen MR) is 83.0 cm³/mol. The van der Waals surface area contributed by atoms with Crippen LogP contribution < -0.4 is 11.0 Å². The highest BCUT2D eigenvalue weighted by Crippen LogP contribution is 2.23. The Bertz CT molecular complexity index is 715. The number of H-pyrrole nitrogens is 1. The van der Waals surface area contributed by atoms with Crippen molar-refractivity contribution >= 4 is 23.2 Å². The van der Waals surface area contributed by atoms with Crippen molar-refractivity contribution in [2.45, 2.75) is 26.2 Å². The van der Waals surface area contributed by atoms with E-state index in [1.54, 1.807) is 0 Å². The van der Waals surface area contributed by atoms with E-state index < -0.39 is 11.6 Å². The number of nitrogens with zero attached hydrogens (tertiary/aromatic N) is 1. The highest BCUT2D eigenvalue weighted by Gasteiger charge is 2.14. The molecule has 5 nitrogen and oxygen atoms in total. The van der Waals surface area contributed by atoms with E-state index in [-0.39, 0.29) is 16.3 Å². The number of amides is 1. The fourth-order valence-corrected chi connectivity index (χ4v) is 1.98. The molecule has 21 heavy (non-hydrogen) atoms. The average Bonchev–Trinajstić information content (AvgIpc) is 2.37. The highest BCUT2D eigenvalue weighted by atomic mass is 35.5. The molecule has 0 atom stereocenters. The summed E-state index contributed by atoms with van der Waals surface area (Å²) in [6.07, 6.45) is 0. The van der Waals surface area contributed by atoms with E-state index in [1.165, 1.54) is 6.07 Å². The Labute approximate surface area is 127 Å². The van der Waals surface area contributed by atoms with E-state index >= 15 is 0 Å². The number of rotatable bonds is 2. The minimum Gasteiger partial charge on any atom is -0.321 e. The number of benzene rings is 1. The lowest BCUT2D eigenvalue weighted by Gasteiger charge is -2.19. The first-order chi connectivity index (χ1) is 9.75. The molecule has 110 valence electrons. The van der Waals surface area contributed by atoms with Gasteiger partial charge in [-0.1, -0.05) is 44.5 Å². The van der Waals surface area contributed by atoms with Crippen LogP contribution in [0.5, 0.6) is 0 Å². The van der Waals surface area contributed by atoms with Gasteiger partial charge < -0.3 is 5.32 Å². The summed E-state index contributed by atoms with van der Waals surface area (Å²) in [5, 5.41) is 2.75. The quantitative estimate of drug-likeness (QED) is 0.838. The SMILES string of the molecule is CC(C)(C)c1ccc(NC(=O)c2cc(Cl)[nH]c(=O)n2)cc1. The van der Waals surface area contributed by atoms with E-state index in [0.29, 0.717) is 5.69 Å². The number of aromatic nitrogens is 2. The third-order valence-corrected chi connectivity index (χ3v) is 3.16. The molecule has 0 aliphatic heterocycles. The van der Waals surface area contributed by atoms with Crippen LogP contribution in [0.25, 0.3) is 0 Å². The second-order valence-electron chi connectivity index (χ2n) is 5.70. The summed E-state index contributed by atoms with van der Waals surface area (Å²) < 4.78 is 0. The molecule has 1 heterocycles. The summed E-state index contributed by atoms with van der Waals surface area (Å²) in [6.45, 7) is 6.34. The van der Waals surface area contributed by atoms with Crippen LogP contribution >= 0.6 is 11.6 Å². The molecule has 1 aromatic heterocycles. The van der Waals surface area contributed by atoms with Gasteiger partial charge in [-0.2, -0.15) is 4.98 Å². The molecule has 2 rings (SSSR count). The molecule has 0 aliphatic rings. The minimum atomic E-state index is -0.657. The second kappa shape index (κ2) is 5.69. The normalized spacial score (nSPS) is 11.2. The van der Waals surface area contributed by atoms with Gasteiger partial charge in [-0.3, -0.25) is 9.78 Å². The first kappa shape index (κ1) is 15.3. The highest BCUT2D eigenvalue weighted by molar-refractivity contribution is 6.29. The van der Waals surface area contributed by atoms with Crippen LogP contribution in [0.15, 0.2) is 35.1 Å². The molecule has 0 spiro atoms. The maximum atomic E-state index is 12.0. The number of hydrogen-bond donors (Lipinski definition) is 2. The topological polar surface area (TPSA) is 74.8 Å². The van der Waals surface area contributed by atoms with Crippen molar-refractivity contribution in [1.82, 2.24) is 9.97 Å². The van der Waals surface area contributed by atoms with Crippen LogP contribution in [0.2, 0.25) is 5.15 Å². The summed E-state index contributed by atoms with van der Waals surface area (Å²) in [7, 11) is 0. The molecule has 0 radical (unpaired) electrons. The molecule has 6 heteroatoms. The summed E-state index contributed by atoms with van der Waals surface area (Å²) in [5.74, 6) is -0.480. The van der Waals surface area contributed by atoms with Crippen LogP contribution in [0.4, 0.5) is 5.69 Å². The molecule has 0 unspecified atom stereocenters. The number of hydrogen-bond acceptors (Lipinski definition) is 3. The lowest BCUT2D eigenvalue weighted by molar-refractivity contribution is 0.102. The number of anilines is 1. The number of carbonyl (C=O) groups is 1. The molecule has 2 aromatic rings. The standard InChI is InChI=1S/C15H16ClN3O2/c1-15(2,3)9-4-6-10(7-5-9)17-13(20)11-8-12(16)19-14(21)18-11/h4-8H,1-3H3,(H,17,20)(H,18,19,21). The molecule has 0 aliphatic carbocycles. The summed E-state index contributed by atoms with van der Waals surface area (Å²) in [5.41, 5.74) is 1.16. The van der Waals surface area contributed by atoms with Gasteiger partial charge in [-0.25, -0.2) is 4.79 Å². The van der Waals surface area contributed by atoms with Crippen LogP contribution in [-0.4, -0.2) is 15.9 Å². The molecule has 0 fully saturated rings. The number of halogens is 1. The van der Waals surface area contributed by atoms with Gasteiger partial charge in [0.2, 0.25) is 0 Å². The summed E-state index contributed by atoms with van der Waals surface area (Å²) in [6, 6.07) is 8.84. The smallest absolute Gasteiger partial charge is 0.321 e. The fraction of sp³-hybridized carbons (Fsp3) is 0.267. The fourth-order valence-electron chi connectivity index (χ4n) is 1.79. The van der Waals surface area contributed by atoms with Crippen LogP contribution in [0.1, 0.15) is 36.8 Å². The lowest BCUT2D eigenvalue weighted by atomic mass is 9.87. The summed E-state index contributed by atoms with van der Waals surface area (Å²) in [4.78, 5) is 29.1. The third kappa shape index (κ3) is 3.92. The van der Waals surface area contributed by atoms with Gasteiger partial charge in [0.15, 0.2) is 0 Å². The van der Waals surface area contributed by atoms with Crippen molar-refractivity contribution in [2.75, 3.05) is 5.32 Å². The molecule has 0 saturated heterocycles. The van der Waals surface area contributed by atoms with Crippen LogP contribution in [0.3, 0.4) is 0 Å². The molecule has 2 N–H and O–H groups in total. The maximum absolute atomic E-state index is 12.0. The Balaban J connectivity index is 2.18. The van der Waals surface area contributed by atoms with Crippen molar-refractivity contribution in [3.8, 4) is 0 Å². The zero-order valence-corrected chi connectivity index (χ0v) is 12.8. The van der Waals surface area contributed by atoms with E-state index in [4.69, 9.17) is 11.6 Å². The number of carbonyl (C=O) groups excluding carboxylic acids is 1.